The van der Waals surface area contributed by atoms with E-state index in [2.05, 4.69) is 6.07 Å². The number of aliphatic carboxylic acids is 1. The minimum Gasteiger partial charge on any atom is -0.493 e. The van der Waals surface area contributed by atoms with E-state index < -0.39 is 17.5 Å². The molecule has 0 aromatic heterocycles. The monoisotopic (exact) mass is 478 g/mol. The normalized spacial score (nSPS) is 20.0. The maximum atomic E-state index is 12.5. The van der Waals surface area contributed by atoms with Crippen LogP contribution in [-0.4, -0.2) is 37.2 Å². The van der Waals surface area contributed by atoms with E-state index in [1.54, 1.807) is 14.2 Å². The quantitative estimate of drug-likeness (QED) is 0.463. The average molecular weight is 479 g/mol. The fourth-order valence-corrected chi connectivity index (χ4v) is 6.02. The van der Waals surface area contributed by atoms with Gasteiger partial charge in [-0.3, -0.25) is 9.59 Å². The molecule has 2 aromatic carbocycles. The Morgan fingerprint density at radius 2 is 1.66 bits per heavy atom. The molecule has 6 heteroatoms. The molecule has 3 aliphatic rings. The lowest BCUT2D eigenvalue weighted by molar-refractivity contribution is -0.149. The molecule has 1 N–H and O–H groups in total. The SMILES string of the molecule is COc1ccc(-c2ccc3c(c2)CCC3=O)c(OC(C2CCCCCC2)C2(C(=O)O)CC2)c1OC. The highest BCUT2D eigenvalue weighted by atomic mass is 16.5. The van der Waals surface area contributed by atoms with E-state index in [0.29, 0.717) is 36.5 Å². The molecule has 2 aromatic rings. The number of carboxylic acid groups (broad SMARTS) is 1. The third-order valence-electron chi connectivity index (χ3n) is 8.17. The van der Waals surface area contributed by atoms with Crippen LogP contribution in [0.5, 0.6) is 17.2 Å². The molecule has 6 nitrogen and oxygen atoms in total. The van der Waals surface area contributed by atoms with Crippen LogP contribution in [0, 0.1) is 11.3 Å². The number of fused-ring (bicyclic) bond motifs is 1. The van der Waals surface area contributed by atoms with Crippen molar-refractivity contribution in [3.05, 3.63) is 41.5 Å². The number of carbonyl (C=O) groups excluding carboxylic acids is 1. The van der Waals surface area contributed by atoms with Crippen molar-refractivity contribution in [3.8, 4) is 28.4 Å². The lowest BCUT2D eigenvalue weighted by Crippen LogP contribution is -2.41. The van der Waals surface area contributed by atoms with Gasteiger partial charge in [-0.25, -0.2) is 0 Å². The molecule has 0 heterocycles. The molecule has 35 heavy (non-hydrogen) atoms. The smallest absolute Gasteiger partial charge is 0.313 e. The molecule has 5 rings (SSSR count). The lowest BCUT2D eigenvalue weighted by atomic mass is 9.83. The van der Waals surface area contributed by atoms with E-state index in [9.17, 15) is 14.7 Å². The second-order valence-electron chi connectivity index (χ2n) is 10.2. The predicted octanol–water partition coefficient (Wildman–Crippen LogP) is 6.08. The summed E-state index contributed by atoms with van der Waals surface area (Å²) in [5.74, 6) is 1.13. The van der Waals surface area contributed by atoms with Gasteiger partial charge in [0.2, 0.25) is 5.75 Å². The van der Waals surface area contributed by atoms with Crippen LogP contribution in [0.25, 0.3) is 11.1 Å². The van der Waals surface area contributed by atoms with Crippen LogP contribution < -0.4 is 14.2 Å². The Balaban J connectivity index is 1.61. The summed E-state index contributed by atoms with van der Waals surface area (Å²) in [7, 11) is 3.17. The zero-order chi connectivity index (χ0) is 24.6. The Kier molecular flexibility index (Phi) is 6.47. The number of hydrogen-bond donors (Lipinski definition) is 1. The number of hydrogen-bond acceptors (Lipinski definition) is 5. The fraction of sp³-hybridized carbons (Fsp3) is 0.517. The molecule has 3 aliphatic carbocycles. The van der Waals surface area contributed by atoms with Gasteiger partial charge in [0.05, 0.1) is 14.2 Å². The van der Waals surface area contributed by atoms with E-state index >= 15 is 0 Å². The highest BCUT2D eigenvalue weighted by Gasteiger charge is 2.60. The standard InChI is InChI=1S/C29H34O6/c1-33-24-14-12-22(20-9-11-21-19(17-20)10-13-23(21)30)25(26(24)34-2)35-27(29(15-16-29)28(31)32)18-7-5-3-4-6-8-18/h9,11-12,14,17-18,27H,3-8,10,13,15-16H2,1-2H3,(H,31,32). The fourth-order valence-electron chi connectivity index (χ4n) is 6.02. The van der Waals surface area contributed by atoms with Crippen LogP contribution in [0.15, 0.2) is 30.3 Å². The second kappa shape index (κ2) is 9.56. The zero-order valence-corrected chi connectivity index (χ0v) is 20.6. The number of ketones is 1. The molecule has 186 valence electrons. The number of carboxylic acids is 1. The van der Waals surface area contributed by atoms with Gasteiger partial charge in [0.15, 0.2) is 17.3 Å². The van der Waals surface area contributed by atoms with Gasteiger partial charge in [0.1, 0.15) is 11.5 Å². The number of Topliss-reactive ketones (excluding diaryl/α,β-unsaturated/α-hetero) is 1. The zero-order valence-electron chi connectivity index (χ0n) is 20.6. The molecule has 2 fully saturated rings. The third kappa shape index (κ3) is 4.28. The van der Waals surface area contributed by atoms with Crippen LogP contribution in [0.2, 0.25) is 0 Å². The van der Waals surface area contributed by atoms with Crippen molar-refractivity contribution in [1.82, 2.24) is 0 Å². The first-order chi connectivity index (χ1) is 17.0. The van der Waals surface area contributed by atoms with Gasteiger partial charge in [-0.1, -0.05) is 43.9 Å². The van der Waals surface area contributed by atoms with Gasteiger partial charge in [0.25, 0.3) is 0 Å². The number of carbonyl (C=O) groups is 2. The van der Waals surface area contributed by atoms with Crippen molar-refractivity contribution in [2.45, 2.75) is 70.3 Å². The van der Waals surface area contributed by atoms with Crippen LogP contribution >= 0.6 is 0 Å². The van der Waals surface area contributed by atoms with Crippen LogP contribution in [-0.2, 0) is 11.2 Å². The molecular formula is C29H34O6. The topological polar surface area (TPSA) is 82.1 Å². The van der Waals surface area contributed by atoms with Crippen molar-refractivity contribution in [2.75, 3.05) is 14.2 Å². The maximum absolute atomic E-state index is 12.5. The molecule has 0 radical (unpaired) electrons. The number of rotatable bonds is 8. The lowest BCUT2D eigenvalue weighted by Gasteiger charge is -2.33. The Hall–Kier alpha value is -3.02. The minimum absolute atomic E-state index is 0.178. The van der Waals surface area contributed by atoms with Crippen molar-refractivity contribution < 1.29 is 28.9 Å². The van der Waals surface area contributed by atoms with E-state index in [-0.39, 0.29) is 11.7 Å². The molecule has 0 saturated heterocycles. The summed E-state index contributed by atoms with van der Waals surface area (Å²) in [6, 6.07) is 9.69. The van der Waals surface area contributed by atoms with Crippen LogP contribution in [0.1, 0.15) is 73.7 Å². The van der Waals surface area contributed by atoms with E-state index in [1.807, 2.05) is 24.3 Å². The summed E-state index contributed by atoms with van der Waals surface area (Å²) < 4.78 is 18.2. The predicted molar refractivity (Wildman–Crippen MR) is 133 cm³/mol. The van der Waals surface area contributed by atoms with Gasteiger partial charge < -0.3 is 19.3 Å². The first-order valence-corrected chi connectivity index (χ1v) is 12.8. The summed E-state index contributed by atoms with van der Waals surface area (Å²) in [6.07, 6.45) is 8.62. The van der Waals surface area contributed by atoms with Gasteiger partial charge in [-0.05, 0) is 61.3 Å². The van der Waals surface area contributed by atoms with E-state index in [0.717, 1.165) is 54.4 Å². The number of benzene rings is 2. The van der Waals surface area contributed by atoms with Gasteiger partial charge in [-0.15, -0.1) is 0 Å². The molecule has 1 unspecified atom stereocenters. The van der Waals surface area contributed by atoms with Gasteiger partial charge in [-0.2, -0.15) is 0 Å². The number of methoxy groups -OCH3 is 2. The summed E-state index contributed by atoms with van der Waals surface area (Å²) in [5.41, 5.74) is 2.72. The Labute approximate surface area is 206 Å². The molecule has 1 atom stereocenters. The van der Waals surface area contributed by atoms with Crippen molar-refractivity contribution in [3.63, 3.8) is 0 Å². The number of ether oxygens (including phenoxy) is 3. The second-order valence-corrected chi connectivity index (χ2v) is 10.2. The number of aryl methyl sites for hydroxylation is 1. The molecular weight excluding hydrogens is 444 g/mol. The first kappa shape index (κ1) is 23.7. The maximum Gasteiger partial charge on any atom is 0.313 e. The molecule has 0 aliphatic heterocycles. The van der Waals surface area contributed by atoms with Crippen LogP contribution in [0.4, 0.5) is 0 Å². The first-order valence-electron chi connectivity index (χ1n) is 12.8. The third-order valence-corrected chi connectivity index (χ3v) is 8.17. The van der Waals surface area contributed by atoms with Crippen molar-refractivity contribution in [2.24, 2.45) is 11.3 Å². The molecule has 0 spiro atoms. The van der Waals surface area contributed by atoms with Crippen LogP contribution in [0.3, 0.4) is 0 Å². The highest BCUT2D eigenvalue weighted by molar-refractivity contribution is 6.01. The molecule has 0 amide bonds. The average Bonchev–Trinajstić information content (AvgIpc) is 3.65. The highest BCUT2D eigenvalue weighted by Crippen LogP contribution is 2.56. The van der Waals surface area contributed by atoms with Gasteiger partial charge >= 0.3 is 5.97 Å². The van der Waals surface area contributed by atoms with Crippen molar-refractivity contribution in [1.29, 1.82) is 0 Å². The Bertz CT molecular complexity index is 1120. The van der Waals surface area contributed by atoms with E-state index in [1.165, 1.54) is 12.8 Å². The van der Waals surface area contributed by atoms with Crippen molar-refractivity contribution >= 4 is 11.8 Å². The summed E-state index contributed by atoms with van der Waals surface area (Å²) in [5, 5.41) is 10.2. The Morgan fingerprint density at radius 3 is 2.29 bits per heavy atom. The minimum atomic E-state index is -0.856. The largest absolute Gasteiger partial charge is 0.493 e. The van der Waals surface area contributed by atoms with Gasteiger partial charge in [0, 0.05) is 17.5 Å². The van der Waals surface area contributed by atoms with E-state index in [4.69, 9.17) is 14.2 Å². The summed E-state index contributed by atoms with van der Waals surface area (Å²) in [6.45, 7) is 0. The summed E-state index contributed by atoms with van der Waals surface area (Å²) in [4.78, 5) is 24.6. The molecule has 0 bridgehead atoms. The summed E-state index contributed by atoms with van der Waals surface area (Å²) >= 11 is 0. The Morgan fingerprint density at radius 1 is 0.943 bits per heavy atom. The molecule has 2 saturated carbocycles.